The summed E-state index contributed by atoms with van der Waals surface area (Å²) in [7, 11) is -3.91. The Bertz CT molecular complexity index is 1450. The van der Waals surface area contributed by atoms with Gasteiger partial charge in [0, 0.05) is 23.0 Å². The number of nitrogens with one attached hydrogen (secondary N) is 1. The first-order chi connectivity index (χ1) is 18.6. The topological polar surface area (TPSA) is 86.8 Å². The number of carbonyl (C=O) groups excluding carboxylic acids is 2. The number of hydrogen-bond acceptors (Lipinski definition) is 4. The van der Waals surface area contributed by atoms with Crippen LogP contribution < -0.4 is 9.62 Å². The number of carbonyl (C=O) groups is 2. The van der Waals surface area contributed by atoms with E-state index in [9.17, 15) is 18.0 Å². The normalized spacial score (nSPS) is 12.5. The summed E-state index contributed by atoms with van der Waals surface area (Å²) < 4.78 is 27.5. The van der Waals surface area contributed by atoms with Gasteiger partial charge in [-0.05, 0) is 62.2 Å². The second kappa shape index (κ2) is 13.4. The van der Waals surface area contributed by atoms with Crippen LogP contribution in [0.1, 0.15) is 31.9 Å². The molecule has 0 aliphatic heterocycles. The van der Waals surface area contributed by atoms with Crippen molar-refractivity contribution in [2.24, 2.45) is 0 Å². The zero-order chi connectivity index (χ0) is 29.7. The molecule has 2 amide bonds. The van der Waals surface area contributed by atoms with Crippen LogP contribution in [0.2, 0.25) is 10.0 Å². The molecule has 0 spiro atoms. The highest BCUT2D eigenvalue weighted by Crippen LogP contribution is 2.29. The van der Waals surface area contributed by atoms with Crippen LogP contribution in [0.25, 0.3) is 0 Å². The Kier molecular flexibility index (Phi) is 10.7. The highest BCUT2D eigenvalue weighted by atomic mass is 79.9. The molecule has 0 saturated carbocycles. The average Bonchev–Trinajstić information content (AvgIpc) is 2.86. The summed E-state index contributed by atoms with van der Waals surface area (Å²) in [4.78, 5) is 29.2. The first-order valence-corrected chi connectivity index (χ1v) is 15.9. The maximum atomic E-state index is 14.1. The van der Waals surface area contributed by atoms with E-state index < -0.39 is 34.1 Å². The molecule has 7 nitrogen and oxygen atoms in total. The summed E-state index contributed by atoms with van der Waals surface area (Å²) >= 11 is 15.6. The lowest BCUT2D eigenvalue weighted by atomic mass is 10.0. The molecule has 0 saturated heterocycles. The molecule has 40 heavy (non-hydrogen) atoms. The molecular weight excluding hydrogens is 637 g/mol. The number of rotatable bonds is 10. The maximum Gasteiger partial charge on any atom is 0.244 e. The third-order valence-electron chi connectivity index (χ3n) is 5.91. The number of nitrogens with zero attached hydrogens (tertiary/aromatic N) is 2. The van der Waals surface area contributed by atoms with E-state index in [0.29, 0.717) is 0 Å². The van der Waals surface area contributed by atoms with Gasteiger partial charge in [0.25, 0.3) is 0 Å². The molecule has 3 aromatic rings. The Balaban J connectivity index is 2.08. The van der Waals surface area contributed by atoms with Crippen molar-refractivity contribution in [1.82, 2.24) is 10.2 Å². The van der Waals surface area contributed by atoms with Gasteiger partial charge < -0.3 is 10.2 Å². The van der Waals surface area contributed by atoms with Gasteiger partial charge >= 0.3 is 0 Å². The fourth-order valence-corrected chi connectivity index (χ4v) is 5.45. The molecule has 214 valence electrons. The van der Waals surface area contributed by atoms with Crippen LogP contribution in [0.4, 0.5) is 5.69 Å². The lowest BCUT2D eigenvalue weighted by Gasteiger charge is -2.35. The van der Waals surface area contributed by atoms with Gasteiger partial charge in [0.2, 0.25) is 21.8 Å². The van der Waals surface area contributed by atoms with Gasteiger partial charge in [-0.25, -0.2) is 8.42 Å². The van der Waals surface area contributed by atoms with Gasteiger partial charge in [0.1, 0.15) is 12.6 Å². The van der Waals surface area contributed by atoms with Gasteiger partial charge in [-0.1, -0.05) is 81.6 Å². The molecule has 11 heteroatoms. The minimum atomic E-state index is -3.91. The number of halogens is 3. The van der Waals surface area contributed by atoms with E-state index in [2.05, 4.69) is 21.2 Å². The van der Waals surface area contributed by atoms with Crippen molar-refractivity contribution in [3.8, 4) is 0 Å². The lowest BCUT2D eigenvalue weighted by Crippen LogP contribution is -2.56. The minimum absolute atomic E-state index is 0.0835. The summed E-state index contributed by atoms with van der Waals surface area (Å²) in [6.45, 7) is 5.13. The lowest BCUT2D eigenvalue weighted by molar-refractivity contribution is -0.140. The van der Waals surface area contributed by atoms with Crippen molar-refractivity contribution in [2.45, 2.75) is 45.3 Å². The fourth-order valence-electron chi connectivity index (χ4n) is 4.05. The smallest absolute Gasteiger partial charge is 0.244 e. The second-order valence-electron chi connectivity index (χ2n) is 10.5. The largest absolute Gasteiger partial charge is 0.350 e. The Hall–Kier alpha value is -2.59. The van der Waals surface area contributed by atoms with E-state index in [4.69, 9.17) is 23.2 Å². The van der Waals surface area contributed by atoms with E-state index in [0.717, 1.165) is 26.2 Å². The zero-order valence-electron chi connectivity index (χ0n) is 22.7. The van der Waals surface area contributed by atoms with Crippen molar-refractivity contribution in [3.63, 3.8) is 0 Å². The van der Waals surface area contributed by atoms with Crippen molar-refractivity contribution in [3.05, 3.63) is 98.4 Å². The fraction of sp³-hybridized carbons (Fsp3) is 0.310. The van der Waals surface area contributed by atoms with E-state index in [1.807, 2.05) is 75.4 Å². The van der Waals surface area contributed by atoms with Crippen LogP contribution in [-0.2, 0) is 32.6 Å². The monoisotopic (exact) mass is 667 g/mol. The summed E-state index contributed by atoms with van der Waals surface area (Å²) in [5, 5.41) is 3.40. The molecule has 1 atom stereocenters. The summed E-state index contributed by atoms with van der Waals surface area (Å²) in [6.07, 6.45) is 1.24. The highest BCUT2D eigenvalue weighted by Gasteiger charge is 2.34. The predicted octanol–water partition coefficient (Wildman–Crippen LogP) is 6.08. The van der Waals surface area contributed by atoms with Crippen LogP contribution in [0.15, 0.2) is 77.3 Å². The molecule has 0 radical (unpaired) electrons. The van der Waals surface area contributed by atoms with Gasteiger partial charge in [-0.2, -0.15) is 0 Å². The molecule has 0 heterocycles. The molecule has 0 aliphatic rings. The highest BCUT2D eigenvalue weighted by molar-refractivity contribution is 9.10. The van der Waals surface area contributed by atoms with Crippen molar-refractivity contribution in [1.29, 1.82) is 0 Å². The first-order valence-electron chi connectivity index (χ1n) is 12.5. The van der Waals surface area contributed by atoms with Crippen molar-refractivity contribution >= 4 is 66.7 Å². The van der Waals surface area contributed by atoms with Crippen LogP contribution >= 0.6 is 39.1 Å². The Labute approximate surface area is 254 Å². The van der Waals surface area contributed by atoms with Crippen LogP contribution in [0.3, 0.4) is 0 Å². The van der Waals surface area contributed by atoms with E-state index in [1.165, 1.54) is 23.1 Å². The standard InChI is InChI=1S/C29H32BrCl2N3O4S/c1-29(2,3)33-28(37)26(16-20-8-6-5-7-9-20)34(18-21-10-12-22(30)13-11-21)27(36)19-35(40(4,38)39)23-14-15-24(31)25(32)17-23/h5-15,17,26H,16,18-19H2,1-4H3,(H,33,37)/t26-/m1/s1. The van der Waals surface area contributed by atoms with Gasteiger partial charge in [-0.15, -0.1) is 0 Å². The molecule has 0 fully saturated rings. The van der Waals surface area contributed by atoms with Crippen LogP contribution in [-0.4, -0.2) is 49.5 Å². The molecule has 0 aliphatic carbocycles. The second-order valence-corrected chi connectivity index (χ2v) is 14.1. The Morgan fingerprint density at radius 1 is 0.925 bits per heavy atom. The predicted molar refractivity (Wildman–Crippen MR) is 165 cm³/mol. The molecule has 1 N–H and O–H groups in total. The van der Waals surface area contributed by atoms with Crippen molar-refractivity contribution in [2.75, 3.05) is 17.1 Å². The minimum Gasteiger partial charge on any atom is -0.350 e. The maximum absolute atomic E-state index is 14.1. The summed E-state index contributed by atoms with van der Waals surface area (Å²) in [6, 6.07) is 20.2. The number of benzene rings is 3. The molecular formula is C29H32BrCl2N3O4S. The zero-order valence-corrected chi connectivity index (χ0v) is 26.6. The SMILES string of the molecule is CC(C)(C)NC(=O)[C@@H](Cc1ccccc1)N(Cc1ccc(Br)cc1)C(=O)CN(c1ccc(Cl)c(Cl)c1)S(C)(=O)=O. The molecule has 3 rings (SSSR count). The summed E-state index contributed by atoms with van der Waals surface area (Å²) in [5.41, 5.74) is 1.26. The van der Waals surface area contributed by atoms with Crippen molar-refractivity contribution < 1.29 is 18.0 Å². The first kappa shape index (κ1) is 31.9. The average molecular weight is 669 g/mol. The van der Waals surface area contributed by atoms with E-state index >= 15 is 0 Å². The van der Waals surface area contributed by atoms with Crippen LogP contribution in [0, 0.1) is 0 Å². The van der Waals surface area contributed by atoms with Gasteiger partial charge in [-0.3, -0.25) is 13.9 Å². The van der Waals surface area contributed by atoms with E-state index in [-0.39, 0.29) is 34.6 Å². The summed E-state index contributed by atoms with van der Waals surface area (Å²) in [5.74, 6) is -0.897. The third kappa shape index (κ3) is 9.23. The molecule has 0 unspecified atom stereocenters. The molecule has 3 aromatic carbocycles. The number of hydrogen-bond donors (Lipinski definition) is 1. The third-order valence-corrected chi connectivity index (χ3v) is 8.31. The Morgan fingerprint density at radius 3 is 2.10 bits per heavy atom. The molecule has 0 aromatic heterocycles. The number of amides is 2. The van der Waals surface area contributed by atoms with Gasteiger partial charge in [0.05, 0.1) is 22.0 Å². The van der Waals surface area contributed by atoms with E-state index in [1.54, 1.807) is 0 Å². The molecule has 0 bridgehead atoms. The van der Waals surface area contributed by atoms with Gasteiger partial charge in [0.15, 0.2) is 0 Å². The quantitative estimate of drug-likeness (QED) is 0.284. The van der Waals surface area contributed by atoms with Crippen LogP contribution in [0.5, 0.6) is 0 Å². The number of sulfonamides is 1. The Morgan fingerprint density at radius 2 is 1.55 bits per heavy atom. The number of anilines is 1.